The number of ether oxygens (including phenoxy) is 1. The number of hydrogen-bond acceptors (Lipinski definition) is 15. The molecule has 0 bridgehead atoms. The summed E-state index contributed by atoms with van der Waals surface area (Å²) in [5.41, 5.74) is 6.70. The van der Waals surface area contributed by atoms with Crippen molar-refractivity contribution in [3.63, 3.8) is 0 Å². The van der Waals surface area contributed by atoms with Gasteiger partial charge in [0.1, 0.15) is 60.4 Å². The minimum absolute atomic E-state index is 0.0229. The molecule has 0 aliphatic carbocycles. The molecule has 1 aliphatic heterocycles. The zero-order valence-corrected chi connectivity index (χ0v) is 64.4. The lowest BCUT2D eigenvalue weighted by atomic mass is 9.91. The molecular formula is C73H126N12O14. The first-order chi connectivity index (χ1) is 45.9. The highest BCUT2D eigenvalue weighted by atomic mass is 16.5. The summed E-state index contributed by atoms with van der Waals surface area (Å²) in [6.07, 6.45) is 4.97. The molecule has 26 heteroatoms. The van der Waals surface area contributed by atoms with Crippen molar-refractivity contribution in [2.45, 2.75) is 243 Å². The van der Waals surface area contributed by atoms with Gasteiger partial charge in [0.15, 0.2) is 0 Å². The number of carbonyl (C=O) groups excluding carboxylic acids is 12. The van der Waals surface area contributed by atoms with Crippen LogP contribution in [0.1, 0.15) is 186 Å². The summed E-state index contributed by atoms with van der Waals surface area (Å²) in [6, 6.07) is -5.60. The van der Waals surface area contributed by atoms with Gasteiger partial charge in [-0.1, -0.05) is 122 Å². The SMILES string of the molecule is CC=CCC(C)C(O)C1C(=O)NC(CC)C(=O)N(C)CC(=O)N(C)C(CC(C)C)C(=O)NC(C(C)C)C(=O)N(C)C(CC(C)C)C(=O)NC(C)C(=O)NC(C)C(=O)N(C)C(CC(C)C)C(=O)N(C)C(CC(C)C)C(=O)N(C)C(C(C)C)C(=O)N1C.CCCCOC(=O)c1ccc(N)cc1. The number of aliphatic hydroxyl groups excluding tert-OH is 1. The van der Waals surface area contributed by atoms with E-state index in [1.54, 1.807) is 78.8 Å². The monoisotopic (exact) mass is 1390 g/mol. The van der Waals surface area contributed by atoms with Crippen LogP contribution < -0.4 is 27.0 Å². The van der Waals surface area contributed by atoms with Gasteiger partial charge in [-0.3, -0.25) is 52.7 Å². The van der Waals surface area contributed by atoms with Crippen LogP contribution in [0, 0.1) is 41.4 Å². The van der Waals surface area contributed by atoms with E-state index in [9.17, 15) is 53.1 Å². The molecule has 1 aromatic rings. The minimum Gasteiger partial charge on any atom is -0.462 e. The van der Waals surface area contributed by atoms with Crippen LogP contribution in [-0.4, -0.2) is 239 Å². The van der Waals surface area contributed by atoms with E-state index in [0.717, 1.165) is 22.6 Å². The molecule has 99 heavy (non-hydrogen) atoms. The first-order valence-corrected chi connectivity index (χ1v) is 35.3. The third-order valence-corrected chi connectivity index (χ3v) is 18.0. The smallest absolute Gasteiger partial charge is 0.338 e. The number of unbranched alkanes of at least 4 members (excludes halogenated alkanes) is 1. The van der Waals surface area contributed by atoms with Crippen molar-refractivity contribution in [3.8, 4) is 0 Å². The van der Waals surface area contributed by atoms with Crippen LogP contribution in [0.4, 0.5) is 5.69 Å². The molecule has 1 aliphatic rings. The number of nitrogens with one attached hydrogen (secondary N) is 4. The molecule has 0 aromatic heterocycles. The Balaban J connectivity index is 0.00000309. The number of rotatable bonds is 19. The molecule has 12 atom stereocenters. The van der Waals surface area contributed by atoms with Crippen LogP contribution in [0.15, 0.2) is 36.4 Å². The number of esters is 1. The fourth-order valence-electron chi connectivity index (χ4n) is 11.7. The van der Waals surface area contributed by atoms with Gasteiger partial charge >= 0.3 is 5.97 Å². The quantitative estimate of drug-likeness (QED) is 0.0431. The molecule has 1 heterocycles. The van der Waals surface area contributed by atoms with Crippen molar-refractivity contribution in [1.29, 1.82) is 0 Å². The van der Waals surface area contributed by atoms with Crippen molar-refractivity contribution in [1.82, 2.24) is 55.6 Å². The van der Waals surface area contributed by atoms with Gasteiger partial charge in [-0.25, -0.2) is 4.79 Å². The lowest BCUT2D eigenvalue weighted by molar-refractivity contribution is -0.157. The molecule has 1 saturated heterocycles. The third-order valence-electron chi connectivity index (χ3n) is 18.0. The zero-order chi connectivity index (χ0) is 76.4. The van der Waals surface area contributed by atoms with Gasteiger partial charge in [0.05, 0.1) is 24.8 Å². The largest absolute Gasteiger partial charge is 0.462 e. The summed E-state index contributed by atoms with van der Waals surface area (Å²) in [6.45, 7) is 31.9. The fraction of sp³-hybridized carbons (Fsp3) is 0.726. The van der Waals surface area contributed by atoms with Crippen molar-refractivity contribution in [2.75, 3.05) is 68.2 Å². The average molecular weight is 1400 g/mol. The lowest BCUT2D eigenvalue weighted by Crippen LogP contribution is -2.63. The van der Waals surface area contributed by atoms with Crippen molar-refractivity contribution in [2.24, 2.45) is 41.4 Å². The number of allylic oxidation sites excluding steroid dienone is 2. The Kier molecular flexibility index (Phi) is 38.3. The Morgan fingerprint density at radius 1 is 0.535 bits per heavy atom. The number of hydrogen-bond donors (Lipinski definition) is 6. The van der Waals surface area contributed by atoms with E-state index in [0.29, 0.717) is 24.3 Å². The van der Waals surface area contributed by atoms with E-state index >= 15 is 9.59 Å². The van der Waals surface area contributed by atoms with Gasteiger partial charge < -0.3 is 71.1 Å². The second kappa shape index (κ2) is 42.5. The Morgan fingerprint density at radius 2 is 0.980 bits per heavy atom. The Hall–Kier alpha value is -7.64. The first-order valence-electron chi connectivity index (χ1n) is 35.3. The van der Waals surface area contributed by atoms with Crippen LogP contribution in [0.5, 0.6) is 0 Å². The number of anilines is 1. The maximum Gasteiger partial charge on any atom is 0.338 e. The molecule has 26 nitrogen and oxygen atoms in total. The molecule has 0 radical (unpaired) electrons. The third kappa shape index (κ3) is 27.1. The Morgan fingerprint density at radius 3 is 1.44 bits per heavy atom. The van der Waals surface area contributed by atoms with Crippen molar-refractivity contribution >= 4 is 76.6 Å². The summed E-state index contributed by atoms with van der Waals surface area (Å²) < 4.78 is 5.03. The molecule has 562 valence electrons. The molecular weight excluding hydrogens is 1270 g/mol. The number of amides is 11. The van der Waals surface area contributed by atoms with Crippen molar-refractivity contribution < 1.29 is 67.4 Å². The maximum absolute atomic E-state index is 15.1. The lowest BCUT2D eigenvalue weighted by Gasteiger charge is -2.41. The second-order valence-electron chi connectivity index (χ2n) is 29.2. The van der Waals surface area contributed by atoms with Gasteiger partial charge in [-0.15, -0.1) is 0 Å². The van der Waals surface area contributed by atoms with E-state index in [2.05, 4.69) is 28.2 Å². The number of nitrogens with zero attached hydrogens (tertiary/aromatic N) is 7. The van der Waals surface area contributed by atoms with Gasteiger partial charge in [-0.2, -0.15) is 0 Å². The van der Waals surface area contributed by atoms with E-state index < -0.39 is 156 Å². The Bertz CT molecular complexity index is 2860. The summed E-state index contributed by atoms with van der Waals surface area (Å²) in [4.78, 5) is 180. The van der Waals surface area contributed by atoms with Gasteiger partial charge in [0, 0.05) is 55.0 Å². The highest BCUT2D eigenvalue weighted by molar-refractivity contribution is 6.00. The summed E-state index contributed by atoms with van der Waals surface area (Å²) in [5.74, 6) is -9.99. The van der Waals surface area contributed by atoms with Gasteiger partial charge in [-0.05, 0) is 131 Å². The summed E-state index contributed by atoms with van der Waals surface area (Å²) in [5, 5.41) is 23.1. The van der Waals surface area contributed by atoms with Crippen LogP contribution in [-0.2, 0) is 57.5 Å². The number of benzene rings is 1. The summed E-state index contributed by atoms with van der Waals surface area (Å²) >= 11 is 0. The van der Waals surface area contributed by atoms with Gasteiger partial charge in [0.25, 0.3) is 0 Å². The van der Waals surface area contributed by atoms with E-state index in [1.807, 2.05) is 61.5 Å². The predicted molar refractivity (Wildman–Crippen MR) is 384 cm³/mol. The highest BCUT2D eigenvalue weighted by Crippen LogP contribution is 2.26. The molecule has 1 aromatic carbocycles. The molecule has 7 N–H and O–H groups in total. The topological polar surface area (TPSA) is 331 Å². The number of nitrogens with two attached hydrogens (primary N) is 1. The molecule has 2 rings (SSSR count). The van der Waals surface area contributed by atoms with Gasteiger partial charge in [0.2, 0.25) is 65.0 Å². The average Bonchev–Trinajstić information content (AvgIpc) is 0.805. The molecule has 12 unspecified atom stereocenters. The second-order valence-corrected chi connectivity index (χ2v) is 29.2. The first kappa shape index (κ1) is 89.4. The molecule has 1 fully saturated rings. The number of aliphatic hydroxyl groups is 1. The van der Waals surface area contributed by atoms with E-state index in [4.69, 9.17) is 10.5 Å². The van der Waals surface area contributed by atoms with Crippen LogP contribution in [0.3, 0.4) is 0 Å². The zero-order valence-electron chi connectivity index (χ0n) is 64.4. The number of likely N-dealkylation sites (N-methyl/N-ethyl adjacent to an activating group) is 7. The van der Waals surface area contributed by atoms with Crippen LogP contribution in [0.25, 0.3) is 0 Å². The van der Waals surface area contributed by atoms with Crippen molar-refractivity contribution in [3.05, 3.63) is 42.0 Å². The normalized spacial score (nSPS) is 24.5. The molecule has 11 amide bonds. The van der Waals surface area contributed by atoms with Crippen LogP contribution >= 0.6 is 0 Å². The predicted octanol–water partition coefficient (Wildman–Crippen LogP) is 5.49. The Labute approximate surface area is 591 Å². The fourth-order valence-corrected chi connectivity index (χ4v) is 11.7. The molecule has 0 spiro atoms. The summed E-state index contributed by atoms with van der Waals surface area (Å²) in [7, 11) is 9.92. The standard InChI is InChI=1S/C62H111N11O12.C11H15NO2/c1-25-27-28-40(15)52(75)51-56(79)65-43(26-2)58(81)67(18)33-48(74)68(19)44(29-34(3)4)55(78)66-49(38(11)12)61(84)69(20)45(30-35(5)6)54(77)63-41(16)53(76)64-42(17)57(80)70(21)46(31-36(7)8)59(82)71(22)47(32-37(9)10)60(83)72(23)50(39(13)14)62(85)73(51)24;1-2-3-8-14-11(13)9-4-6-10(12)7-5-9/h25,27,34-47,49-52,75H,26,28-33H2,1-24H3,(H,63,77)(H,64,76)(H,65,79)(H,66,78);4-7H,2-3,8,12H2,1H3. The van der Waals surface area contributed by atoms with E-state index in [1.165, 1.54) is 87.7 Å². The highest BCUT2D eigenvalue weighted by Gasteiger charge is 2.46. The maximum atomic E-state index is 15.1. The number of carbonyl (C=O) groups is 12. The molecule has 0 saturated carbocycles. The van der Waals surface area contributed by atoms with E-state index in [-0.39, 0.29) is 61.7 Å². The number of nitrogen functional groups attached to an aromatic ring is 1. The van der Waals surface area contributed by atoms with Crippen LogP contribution in [0.2, 0.25) is 0 Å². The minimum atomic E-state index is -1.61.